The van der Waals surface area contributed by atoms with Crippen molar-refractivity contribution in [1.82, 2.24) is 4.89 Å². The van der Waals surface area contributed by atoms with Crippen LogP contribution >= 0.6 is 0 Å². The van der Waals surface area contributed by atoms with E-state index in [-0.39, 0.29) is 6.61 Å². The highest BCUT2D eigenvalue weighted by atomic mass is 32.2. The van der Waals surface area contributed by atoms with Crippen LogP contribution in [-0.2, 0) is 14.9 Å². The molecule has 84 valence electrons. The fourth-order valence-corrected chi connectivity index (χ4v) is 1.92. The van der Waals surface area contributed by atoms with E-state index in [1.807, 2.05) is 0 Å². The number of benzene rings is 1. The highest BCUT2D eigenvalue weighted by Gasteiger charge is 2.23. The average Bonchev–Trinajstić information content (AvgIpc) is 2.14. The molecule has 0 atom stereocenters. The standard InChI is InChI=1S/C8H9F2NO3S/c1-2-14-11-15(12,13)8-6(9)4-3-5-7(8)10/h3-5,11H,2H2,1H3. The largest absolute Gasteiger partial charge is 0.287 e. The molecule has 0 aliphatic rings. The lowest BCUT2D eigenvalue weighted by molar-refractivity contribution is 0.105. The van der Waals surface area contributed by atoms with Crippen molar-refractivity contribution in [3.63, 3.8) is 0 Å². The zero-order valence-electron chi connectivity index (χ0n) is 7.83. The number of hydrogen-bond acceptors (Lipinski definition) is 3. The lowest BCUT2D eigenvalue weighted by atomic mass is 10.3. The molecule has 0 bridgehead atoms. The van der Waals surface area contributed by atoms with Crippen LogP contribution in [0.25, 0.3) is 0 Å². The summed E-state index contributed by atoms with van der Waals surface area (Å²) in [7, 11) is -4.31. The van der Waals surface area contributed by atoms with Gasteiger partial charge in [0, 0.05) is 0 Å². The summed E-state index contributed by atoms with van der Waals surface area (Å²) in [5.74, 6) is -2.33. The minimum atomic E-state index is -4.31. The van der Waals surface area contributed by atoms with Crippen molar-refractivity contribution in [3.05, 3.63) is 29.8 Å². The van der Waals surface area contributed by atoms with E-state index in [2.05, 4.69) is 4.84 Å². The van der Waals surface area contributed by atoms with E-state index in [0.717, 1.165) is 18.2 Å². The zero-order valence-corrected chi connectivity index (χ0v) is 8.64. The number of rotatable bonds is 4. The van der Waals surface area contributed by atoms with Crippen molar-refractivity contribution in [2.24, 2.45) is 0 Å². The maximum absolute atomic E-state index is 13.1. The van der Waals surface area contributed by atoms with Crippen molar-refractivity contribution >= 4 is 10.0 Å². The first kappa shape index (κ1) is 12.0. The Hall–Kier alpha value is -1.05. The van der Waals surface area contributed by atoms with Gasteiger partial charge in [-0.2, -0.15) is 0 Å². The second-order valence-electron chi connectivity index (χ2n) is 2.57. The summed E-state index contributed by atoms with van der Waals surface area (Å²) in [6.07, 6.45) is 0. The van der Waals surface area contributed by atoms with E-state index in [1.54, 1.807) is 4.89 Å². The molecule has 0 heterocycles. The Labute approximate surface area is 85.9 Å². The molecule has 4 nitrogen and oxygen atoms in total. The molecule has 0 saturated carbocycles. The predicted molar refractivity (Wildman–Crippen MR) is 48.3 cm³/mol. The molecule has 0 aromatic heterocycles. The minimum absolute atomic E-state index is 0.0509. The molecule has 15 heavy (non-hydrogen) atoms. The van der Waals surface area contributed by atoms with Crippen LogP contribution in [0.1, 0.15) is 6.92 Å². The van der Waals surface area contributed by atoms with Gasteiger partial charge < -0.3 is 0 Å². The smallest absolute Gasteiger partial charge is 0.268 e. The highest BCUT2D eigenvalue weighted by molar-refractivity contribution is 7.89. The quantitative estimate of drug-likeness (QED) is 0.800. The summed E-state index contributed by atoms with van der Waals surface area (Å²) in [4.78, 5) is 4.95. The number of sulfonamides is 1. The Kier molecular flexibility index (Phi) is 3.72. The molecular formula is C8H9F2NO3S. The molecule has 7 heteroatoms. The summed E-state index contributed by atoms with van der Waals surface area (Å²) in [6, 6.07) is 2.78. The number of nitrogens with one attached hydrogen (secondary N) is 1. The number of halogens is 2. The van der Waals surface area contributed by atoms with Gasteiger partial charge in [-0.25, -0.2) is 17.2 Å². The fourth-order valence-electron chi connectivity index (χ4n) is 0.917. The average molecular weight is 237 g/mol. The molecule has 1 rings (SSSR count). The maximum Gasteiger partial charge on any atom is 0.268 e. The first-order chi connectivity index (χ1) is 6.99. The molecule has 0 aliphatic heterocycles. The molecule has 0 spiro atoms. The van der Waals surface area contributed by atoms with Crippen LogP contribution in [0, 0.1) is 11.6 Å². The van der Waals surface area contributed by atoms with Crippen LogP contribution in [0.2, 0.25) is 0 Å². The molecule has 0 radical (unpaired) electrons. The molecule has 0 unspecified atom stereocenters. The summed E-state index contributed by atoms with van der Waals surface area (Å²) >= 11 is 0. The Morgan fingerprint density at radius 1 is 1.33 bits per heavy atom. The normalized spacial score (nSPS) is 11.7. The van der Waals surface area contributed by atoms with E-state index >= 15 is 0 Å². The summed E-state index contributed by atoms with van der Waals surface area (Å²) in [5, 5.41) is 0. The lowest BCUT2D eigenvalue weighted by Crippen LogP contribution is -2.25. The van der Waals surface area contributed by atoms with Crippen LogP contribution in [0.15, 0.2) is 23.1 Å². The third-order valence-corrected chi connectivity index (χ3v) is 2.77. The van der Waals surface area contributed by atoms with Crippen LogP contribution in [0.3, 0.4) is 0 Å². The SMILES string of the molecule is CCONS(=O)(=O)c1c(F)cccc1F. The van der Waals surface area contributed by atoms with E-state index < -0.39 is 26.6 Å². The molecule has 1 aromatic carbocycles. The van der Waals surface area contributed by atoms with Gasteiger partial charge in [0.2, 0.25) is 0 Å². The summed E-state index contributed by atoms with van der Waals surface area (Å²) in [5.41, 5.74) is 0. The highest BCUT2D eigenvalue weighted by Crippen LogP contribution is 2.17. The topological polar surface area (TPSA) is 55.4 Å². The van der Waals surface area contributed by atoms with Crippen molar-refractivity contribution in [3.8, 4) is 0 Å². The van der Waals surface area contributed by atoms with Gasteiger partial charge in [0.25, 0.3) is 10.0 Å². The first-order valence-corrected chi connectivity index (χ1v) is 5.55. The molecule has 0 fully saturated rings. The second-order valence-corrected chi connectivity index (χ2v) is 4.15. The van der Waals surface area contributed by atoms with Gasteiger partial charge >= 0.3 is 0 Å². The third kappa shape index (κ3) is 2.71. The molecule has 0 saturated heterocycles. The predicted octanol–water partition coefficient (Wildman–Crippen LogP) is 1.19. The fraction of sp³-hybridized carbons (Fsp3) is 0.250. The van der Waals surface area contributed by atoms with Gasteiger partial charge in [-0.1, -0.05) is 11.0 Å². The van der Waals surface area contributed by atoms with Crippen LogP contribution in [0.4, 0.5) is 8.78 Å². The molecule has 0 amide bonds. The molecule has 0 aliphatic carbocycles. The van der Waals surface area contributed by atoms with Crippen molar-refractivity contribution in [2.45, 2.75) is 11.8 Å². The van der Waals surface area contributed by atoms with Crippen molar-refractivity contribution in [2.75, 3.05) is 6.61 Å². The number of hydrogen-bond donors (Lipinski definition) is 1. The summed E-state index contributed by atoms with van der Waals surface area (Å²) in [6.45, 7) is 1.58. The van der Waals surface area contributed by atoms with Gasteiger partial charge in [-0.05, 0) is 19.1 Å². The van der Waals surface area contributed by atoms with Gasteiger partial charge in [0.05, 0.1) is 6.61 Å². The van der Waals surface area contributed by atoms with Gasteiger partial charge in [-0.15, -0.1) is 0 Å². The van der Waals surface area contributed by atoms with Crippen LogP contribution in [-0.4, -0.2) is 15.0 Å². The summed E-state index contributed by atoms with van der Waals surface area (Å²) < 4.78 is 48.8. The van der Waals surface area contributed by atoms with Crippen LogP contribution < -0.4 is 4.89 Å². The Balaban J connectivity index is 3.15. The van der Waals surface area contributed by atoms with E-state index in [0.29, 0.717) is 0 Å². The first-order valence-electron chi connectivity index (χ1n) is 4.06. The molecular weight excluding hydrogens is 228 g/mol. The van der Waals surface area contributed by atoms with Crippen molar-refractivity contribution < 1.29 is 22.0 Å². The lowest BCUT2D eigenvalue weighted by Gasteiger charge is -2.07. The Morgan fingerprint density at radius 3 is 2.33 bits per heavy atom. The zero-order chi connectivity index (χ0) is 11.5. The Bertz CT molecular complexity index is 427. The van der Waals surface area contributed by atoms with E-state index in [4.69, 9.17) is 0 Å². The van der Waals surface area contributed by atoms with Crippen molar-refractivity contribution in [1.29, 1.82) is 0 Å². The molecule has 1 aromatic rings. The van der Waals surface area contributed by atoms with E-state index in [1.165, 1.54) is 6.92 Å². The third-order valence-electron chi connectivity index (χ3n) is 1.50. The Morgan fingerprint density at radius 2 is 1.87 bits per heavy atom. The second kappa shape index (κ2) is 4.65. The van der Waals surface area contributed by atoms with Gasteiger partial charge in [-0.3, -0.25) is 4.84 Å². The minimum Gasteiger partial charge on any atom is -0.287 e. The van der Waals surface area contributed by atoms with E-state index in [9.17, 15) is 17.2 Å². The van der Waals surface area contributed by atoms with Gasteiger partial charge in [0.15, 0.2) is 4.90 Å². The van der Waals surface area contributed by atoms with Gasteiger partial charge in [0.1, 0.15) is 11.6 Å². The maximum atomic E-state index is 13.1. The monoisotopic (exact) mass is 237 g/mol. The molecule has 1 N–H and O–H groups in total. The van der Waals surface area contributed by atoms with Crippen LogP contribution in [0.5, 0.6) is 0 Å².